The Hall–Kier alpha value is -3.55. The standard InChI is InChI=1S/C28H37N3O5/c1-17-8-9-18(2)23(16-17)24(25(32)30-20-10-14-22(35-7)15-11-20)31(21-12-13-21)26(33)19(3)29-27(34)36-28(4,5)6/h8-11,14-16,19,21,24H,12-13H2,1-7H3,(H,29,34)(H,30,32). The number of alkyl carbamates (subject to hydrolysis) is 1. The number of nitrogens with one attached hydrogen (secondary N) is 2. The molecule has 0 aliphatic heterocycles. The summed E-state index contributed by atoms with van der Waals surface area (Å²) in [5, 5.41) is 5.60. The topological polar surface area (TPSA) is 97.0 Å². The molecule has 1 aliphatic rings. The summed E-state index contributed by atoms with van der Waals surface area (Å²) < 4.78 is 10.5. The molecular formula is C28H37N3O5. The van der Waals surface area contributed by atoms with Gasteiger partial charge in [-0.05, 0) is 89.8 Å². The number of ether oxygens (including phenoxy) is 2. The van der Waals surface area contributed by atoms with Gasteiger partial charge in [0.15, 0.2) is 0 Å². The van der Waals surface area contributed by atoms with Crippen LogP contribution in [-0.4, -0.2) is 47.6 Å². The maximum Gasteiger partial charge on any atom is 0.408 e. The summed E-state index contributed by atoms with van der Waals surface area (Å²) >= 11 is 0. The lowest BCUT2D eigenvalue weighted by Gasteiger charge is -2.34. The van der Waals surface area contributed by atoms with Crippen molar-refractivity contribution in [2.24, 2.45) is 0 Å². The first-order chi connectivity index (χ1) is 16.9. The Bertz CT molecular complexity index is 1100. The van der Waals surface area contributed by atoms with E-state index in [9.17, 15) is 14.4 Å². The molecule has 0 spiro atoms. The fourth-order valence-electron chi connectivity index (χ4n) is 4.00. The third-order valence-electron chi connectivity index (χ3n) is 5.91. The van der Waals surface area contributed by atoms with E-state index in [0.29, 0.717) is 11.4 Å². The largest absolute Gasteiger partial charge is 0.497 e. The zero-order valence-corrected chi connectivity index (χ0v) is 22.2. The summed E-state index contributed by atoms with van der Waals surface area (Å²) in [4.78, 5) is 41.5. The fourth-order valence-corrected chi connectivity index (χ4v) is 4.00. The third kappa shape index (κ3) is 6.99. The second-order valence-electron chi connectivity index (χ2n) is 10.3. The van der Waals surface area contributed by atoms with E-state index in [1.54, 1.807) is 64.0 Å². The van der Waals surface area contributed by atoms with E-state index in [1.165, 1.54) is 0 Å². The van der Waals surface area contributed by atoms with Crippen molar-refractivity contribution in [1.29, 1.82) is 0 Å². The Kier molecular flexibility index (Phi) is 8.28. The number of carbonyl (C=O) groups excluding carboxylic acids is 3. The van der Waals surface area contributed by atoms with Gasteiger partial charge in [0.1, 0.15) is 23.4 Å². The number of benzene rings is 2. The average Bonchev–Trinajstić information content (AvgIpc) is 3.63. The smallest absolute Gasteiger partial charge is 0.408 e. The molecule has 0 bridgehead atoms. The molecule has 2 aromatic carbocycles. The van der Waals surface area contributed by atoms with Gasteiger partial charge in [0.2, 0.25) is 5.91 Å². The molecule has 194 valence electrons. The van der Waals surface area contributed by atoms with Crippen molar-refractivity contribution in [2.75, 3.05) is 12.4 Å². The summed E-state index contributed by atoms with van der Waals surface area (Å²) in [6, 6.07) is 11.1. The van der Waals surface area contributed by atoms with Gasteiger partial charge in [-0.15, -0.1) is 0 Å². The summed E-state index contributed by atoms with van der Waals surface area (Å²) in [7, 11) is 1.58. The fraction of sp³-hybridized carbons (Fsp3) is 0.464. The highest BCUT2D eigenvalue weighted by Crippen LogP contribution is 2.37. The Morgan fingerprint density at radius 1 is 1.03 bits per heavy atom. The summed E-state index contributed by atoms with van der Waals surface area (Å²) in [6.07, 6.45) is 0.912. The van der Waals surface area contributed by atoms with Gasteiger partial charge in [-0.2, -0.15) is 0 Å². The second-order valence-corrected chi connectivity index (χ2v) is 10.3. The molecule has 8 heteroatoms. The minimum absolute atomic E-state index is 0.0908. The zero-order valence-electron chi connectivity index (χ0n) is 22.2. The third-order valence-corrected chi connectivity index (χ3v) is 5.91. The zero-order chi connectivity index (χ0) is 26.6. The van der Waals surface area contributed by atoms with Gasteiger partial charge in [-0.1, -0.05) is 23.8 Å². The normalized spacial score (nSPS) is 14.9. The predicted molar refractivity (Wildman–Crippen MR) is 139 cm³/mol. The molecule has 2 N–H and O–H groups in total. The number of anilines is 1. The van der Waals surface area contributed by atoms with E-state index in [4.69, 9.17) is 9.47 Å². The first-order valence-electron chi connectivity index (χ1n) is 12.2. The van der Waals surface area contributed by atoms with Crippen molar-refractivity contribution in [3.63, 3.8) is 0 Å². The molecule has 3 rings (SSSR count). The van der Waals surface area contributed by atoms with Crippen LogP contribution in [0.3, 0.4) is 0 Å². The van der Waals surface area contributed by atoms with E-state index in [-0.39, 0.29) is 17.9 Å². The van der Waals surface area contributed by atoms with E-state index in [2.05, 4.69) is 10.6 Å². The molecule has 36 heavy (non-hydrogen) atoms. The lowest BCUT2D eigenvalue weighted by molar-refractivity contribution is -0.141. The van der Waals surface area contributed by atoms with E-state index >= 15 is 0 Å². The maximum absolute atomic E-state index is 13.8. The first-order valence-corrected chi connectivity index (χ1v) is 12.2. The van der Waals surface area contributed by atoms with Crippen LogP contribution in [0.4, 0.5) is 10.5 Å². The number of amides is 3. The minimum Gasteiger partial charge on any atom is -0.497 e. The highest BCUT2D eigenvalue weighted by atomic mass is 16.6. The Labute approximate surface area is 213 Å². The lowest BCUT2D eigenvalue weighted by atomic mass is 9.96. The van der Waals surface area contributed by atoms with Crippen LogP contribution in [0.1, 0.15) is 63.3 Å². The lowest BCUT2D eigenvalue weighted by Crippen LogP contribution is -2.52. The molecule has 1 fully saturated rings. The van der Waals surface area contributed by atoms with Gasteiger partial charge in [-0.3, -0.25) is 9.59 Å². The molecule has 3 amide bonds. The van der Waals surface area contributed by atoms with E-state index in [0.717, 1.165) is 29.5 Å². The van der Waals surface area contributed by atoms with Gasteiger partial charge >= 0.3 is 6.09 Å². The molecule has 2 atom stereocenters. The number of hydrogen-bond donors (Lipinski definition) is 2. The van der Waals surface area contributed by atoms with Crippen molar-refractivity contribution in [3.05, 3.63) is 59.2 Å². The first kappa shape index (κ1) is 27.0. The number of carbonyl (C=O) groups is 3. The molecule has 2 unspecified atom stereocenters. The van der Waals surface area contributed by atoms with Crippen LogP contribution < -0.4 is 15.4 Å². The van der Waals surface area contributed by atoms with Crippen molar-refractivity contribution in [3.8, 4) is 5.75 Å². The van der Waals surface area contributed by atoms with Crippen LogP contribution in [0.2, 0.25) is 0 Å². The maximum atomic E-state index is 13.8. The second kappa shape index (κ2) is 11.0. The number of hydrogen-bond acceptors (Lipinski definition) is 5. The van der Waals surface area contributed by atoms with Gasteiger partial charge in [0.05, 0.1) is 7.11 Å². The van der Waals surface area contributed by atoms with Crippen LogP contribution in [0.25, 0.3) is 0 Å². The number of aryl methyl sites for hydroxylation is 2. The van der Waals surface area contributed by atoms with Crippen molar-refractivity contribution in [1.82, 2.24) is 10.2 Å². The molecule has 0 saturated heterocycles. The quantitative estimate of drug-likeness (QED) is 0.543. The van der Waals surface area contributed by atoms with Gasteiger partial charge in [-0.25, -0.2) is 4.79 Å². The molecule has 0 radical (unpaired) electrons. The molecule has 1 saturated carbocycles. The Balaban J connectivity index is 1.94. The molecular weight excluding hydrogens is 458 g/mol. The summed E-state index contributed by atoms with van der Waals surface area (Å²) in [5.41, 5.74) is 2.55. The highest BCUT2D eigenvalue weighted by Gasteiger charge is 2.43. The molecule has 2 aromatic rings. The SMILES string of the molecule is COc1ccc(NC(=O)C(c2cc(C)ccc2C)N(C(=O)C(C)NC(=O)OC(C)(C)C)C2CC2)cc1. The van der Waals surface area contributed by atoms with Crippen LogP contribution in [-0.2, 0) is 14.3 Å². The summed E-state index contributed by atoms with van der Waals surface area (Å²) in [5.74, 6) is 0.0219. The Morgan fingerprint density at radius 2 is 1.67 bits per heavy atom. The number of methoxy groups -OCH3 is 1. The van der Waals surface area contributed by atoms with Gasteiger partial charge in [0, 0.05) is 11.7 Å². The Morgan fingerprint density at radius 3 is 2.22 bits per heavy atom. The molecule has 0 aromatic heterocycles. The van der Waals surface area contributed by atoms with E-state index in [1.807, 2.05) is 32.0 Å². The highest BCUT2D eigenvalue weighted by molar-refractivity contribution is 5.99. The van der Waals surface area contributed by atoms with Crippen LogP contribution in [0.5, 0.6) is 5.75 Å². The van der Waals surface area contributed by atoms with Gasteiger partial charge in [0.25, 0.3) is 5.91 Å². The van der Waals surface area contributed by atoms with Crippen molar-refractivity contribution < 1.29 is 23.9 Å². The molecule has 0 heterocycles. The number of nitrogens with zero attached hydrogens (tertiary/aromatic N) is 1. The van der Waals surface area contributed by atoms with Crippen molar-refractivity contribution in [2.45, 2.75) is 78.1 Å². The molecule has 8 nitrogen and oxygen atoms in total. The van der Waals surface area contributed by atoms with E-state index < -0.39 is 23.8 Å². The van der Waals surface area contributed by atoms with Crippen LogP contribution >= 0.6 is 0 Å². The van der Waals surface area contributed by atoms with Crippen LogP contribution in [0.15, 0.2) is 42.5 Å². The molecule has 1 aliphatic carbocycles. The predicted octanol–water partition coefficient (Wildman–Crippen LogP) is 4.90. The van der Waals surface area contributed by atoms with Crippen LogP contribution in [0, 0.1) is 13.8 Å². The van der Waals surface area contributed by atoms with Gasteiger partial charge < -0.3 is 25.0 Å². The summed E-state index contributed by atoms with van der Waals surface area (Å²) in [6.45, 7) is 10.8. The monoisotopic (exact) mass is 495 g/mol. The van der Waals surface area contributed by atoms with Crippen molar-refractivity contribution >= 4 is 23.6 Å². The average molecular weight is 496 g/mol. The number of rotatable bonds is 8. The minimum atomic E-state index is -0.873.